The summed E-state index contributed by atoms with van der Waals surface area (Å²) in [6, 6.07) is 14.0. The summed E-state index contributed by atoms with van der Waals surface area (Å²) in [5.74, 6) is 0.694. The topological polar surface area (TPSA) is 61.8 Å². The fourth-order valence-electron chi connectivity index (χ4n) is 1.84. The van der Waals surface area contributed by atoms with Crippen molar-refractivity contribution in [2.75, 3.05) is 19.8 Å². The van der Waals surface area contributed by atoms with Crippen molar-refractivity contribution in [3.8, 4) is 11.5 Å². The smallest absolute Gasteiger partial charge is 0.344 e. The first-order valence-electron chi connectivity index (χ1n) is 7.32. The summed E-state index contributed by atoms with van der Waals surface area (Å²) in [5, 5.41) is 0. The molecule has 0 radical (unpaired) electrons. The molecule has 0 spiro atoms. The van der Waals surface area contributed by atoms with Gasteiger partial charge in [0.1, 0.15) is 24.7 Å². The summed E-state index contributed by atoms with van der Waals surface area (Å²) in [7, 11) is 0. The minimum atomic E-state index is -0.483. The highest BCUT2D eigenvalue weighted by Gasteiger charge is 2.05. The number of hydrogen-bond donors (Lipinski definition) is 0. The molecule has 2 aromatic rings. The van der Waals surface area contributed by atoms with Crippen LogP contribution < -0.4 is 9.47 Å². The molecule has 0 aliphatic rings. The first-order chi connectivity index (χ1) is 11.5. The Balaban J connectivity index is 1.65. The Kier molecular flexibility index (Phi) is 6.81. The Morgan fingerprint density at radius 3 is 2.38 bits per heavy atom. The summed E-state index contributed by atoms with van der Waals surface area (Å²) in [6.07, 6.45) is 0. The van der Waals surface area contributed by atoms with E-state index in [4.69, 9.17) is 14.2 Å². The van der Waals surface area contributed by atoms with Crippen LogP contribution in [0.2, 0.25) is 0 Å². The fourth-order valence-corrected chi connectivity index (χ4v) is 2.22. The zero-order valence-electron chi connectivity index (χ0n) is 13.2. The van der Waals surface area contributed by atoms with Crippen LogP contribution in [0.15, 0.2) is 53.0 Å². The molecule has 0 fully saturated rings. The van der Waals surface area contributed by atoms with Crippen LogP contribution >= 0.6 is 15.9 Å². The van der Waals surface area contributed by atoms with E-state index in [0.29, 0.717) is 17.1 Å². The van der Waals surface area contributed by atoms with Crippen LogP contribution in [-0.4, -0.2) is 31.6 Å². The molecule has 24 heavy (non-hydrogen) atoms. The van der Waals surface area contributed by atoms with Gasteiger partial charge in [0.25, 0.3) is 0 Å². The summed E-state index contributed by atoms with van der Waals surface area (Å²) >= 11 is 3.35. The van der Waals surface area contributed by atoms with Crippen molar-refractivity contribution in [1.29, 1.82) is 0 Å². The van der Waals surface area contributed by atoms with E-state index in [-0.39, 0.29) is 25.6 Å². The second-order valence-electron chi connectivity index (χ2n) is 4.90. The standard InChI is InChI=1S/C18H17BrO5/c1-13(20)14-5-7-16(8-6-14)24-12-18(21)23-10-9-22-17-4-2-3-15(19)11-17/h2-8,11H,9-10,12H2,1H3. The molecule has 0 N–H and O–H groups in total. The van der Waals surface area contributed by atoms with Crippen molar-refractivity contribution in [3.63, 3.8) is 0 Å². The van der Waals surface area contributed by atoms with Crippen LogP contribution in [0.1, 0.15) is 17.3 Å². The lowest BCUT2D eigenvalue weighted by atomic mass is 10.1. The van der Waals surface area contributed by atoms with Crippen LogP contribution in [0.25, 0.3) is 0 Å². The molecule has 0 saturated carbocycles. The van der Waals surface area contributed by atoms with Gasteiger partial charge in [0.2, 0.25) is 0 Å². The Labute approximate surface area is 148 Å². The number of carbonyl (C=O) groups is 2. The average molecular weight is 393 g/mol. The third kappa shape index (κ3) is 6.04. The lowest BCUT2D eigenvalue weighted by Gasteiger charge is -2.09. The number of halogens is 1. The molecule has 0 amide bonds. The minimum absolute atomic E-state index is 0.0218. The summed E-state index contributed by atoms with van der Waals surface area (Å²) in [5.41, 5.74) is 0.592. The lowest BCUT2D eigenvalue weighted by molar-refractivity contribution is -0.146. The van der Waals surface area contributed by atoms with Gasteiger partial charge in [-0.1, -0.05) is 22.0 Å². The number of benzene rings is 2. The van der Waals surface area contributed by atoms with E-state index in [1.807, 2.05) is 24.3 Å². The Morgan fingerprint density at radius 1 is 0.958 bits per heavy atom. The number of rotatable bonds is 8. The first-order valence-corrected chi connectivity index (χ1v) is 8.11. The molecule has 0 aliphatic heterocycles. The summed E-state index contributed by atoms with van der Waals surface area (Å²) in [4.78, 5) is 22.8. The van der Waals surface area contributed by atoms with E-state index < -0.39 is 5.97 Å². The molecule has 5 nitrogen and oxygen atoms in total. The third-order valence-corrected chi connectivity index (χ3v) is 3.52. The van der Waals surface area contributed by atoms with Gasteiger partial charge in [-0.3, -0.25) is 4.79 Å². The van der Waals surface area contributed by atoms with Gasteiger partial charge in [0, 0.05) is 10.0 Å². The number of carbonyl (C=O) groups excluding carboxylic acids is 2. The second kappa shape index (κ2) is 9.08. The van der Waals surface area contributed by atoms with E-state index in [0.717, 1.165) is 4.47 Å². The lowest BCUT2D eigenvalue weighted by Crippen LogP contribution is -2.18. The predicted octanol–water partition coefficient (Wildman–Crippen LogP) is 3.65. The Hall–Kier alpha value is -2.34. The maximum Gasteiger partial charge on any atom is 0.344 e. The van der Waals surface area contributed by atoms with Gasteiger partial charge in [-0.15, -0.1) is 0 Å². The molecule has 0 aromatic heterocycles. The molecule has 0 bridgehead atoms. The van der Waals surface area contributed by atoms with Gasteiger partial charge in [0.15, 0.2) is 12.4 Å². The van der Waals surface area contributed by atoms with Crippen molar-refractivity contribution in [1.82, 2.24) is 0 Å². The molecule has 126 valence electrons. The van der Waals surface area contributed by atoms with E-state index in [2.05, 4.69) is 15.9 Å². The van der Waals surface area contributed by atoms with Gasteiger partial charge in [-0.05, 0) is 49.4 Å². The third-order valence-electron chi connectivity index (χ3n) is 3.03. The van der Waals surface area contributed by atoms with Crippen molar-refractivity contribution < 1.29 is 23.8 Å². The van der Waals surface area contributed by atoms with Crippen molar-refractivity contribution in [2.45, 2.75) is 6.92 Å². The van der Waals surface area contributed by atoms with E-state index in [9.17, 15) is 9.59 Å². The highest BCUT2D eigenvalue weighted by molar-refractivity contribution is 9.10. The van der Waals surface area contributed by atoms with Crippen LogP contribution in [0, 0.1) is 0 Å². The van der Waals surface area contributed by atoms with Gasteiger partial charge in [0.05, 0.1) is 0 Å². The highest BCUT2D eigenvalue weighted by Crippen LogP contribution is 2.17. The monoisotopic (exact) mass is 392 g/mol. The predicted molar refractivity (Wildman–Crippen MR) is 92.5 cm³/mol. The summed E-state index contributed by atoms with van der Waals surface area (Å²) in [6.45, 7) is 1.69. The molecule has 2 aromatic carbocycles. The van der Waals surface area contributed by atoms with Gasteiger partial charge >= 0.3 is 5.97 Å². The number of ether oxygens (including phenoxy) is 3. The molecule has 0 heterocycles. The number of esters is 1. The minimum Gasteiger partial charge on any atom is -0.490 e. The van der Waals surface area contributed by atoms with Crippen molar-refractivity contribution in [2.24, 2.45) is 0 Å². The Morgan fingerprint density at radius 2 is 1.71 bits per heavy atom. The number of Topliss-reactive ketones (excluding diaryl/α,β-unsaturated/α-hetero) is 1. The summed E-state index contributed by atoms with van der Waals surface area (Å²) < 4.78 is 16.7. The van der Waals surface area contributed by atoms with Gasteiger partial charge in [-0.2, -0.15) is 0 Å². The maximum atomic E-state index is 11.6. The first kappa shape index (κ1) is 18.0. The van der Waals surface area contributed by atoms with Crippen molar-refractivity contribution in [3.05, 3.63) is 58.6 Å². The largest absolute Gasteiger partial charge is 0.490 e. The zero-order chi connectivity index (χ0) is 17.4. The van der Waals surface area contributed by atoms with Crippen molar-refractivity contribution >= 4 is 27.7 Å². The molecule has 0 atom stereocenters. The van der Waals surface area contributed by atoms with Crippen LogP contribution in [0.3, 0.4) is 0 Å². The molecular formula is C18H17BrO5. The quantitative estimate of drug-likeness (QED) is 0.389. The van der Waals surface area contributed by atoms with Gasteiger partial charge in [-0.25, -0.2) is 4.79 Å². The van der Waals surface area contributed by atoms with E-state index in [1.165, 1.54) is 6.92 Å². The molecule has 0 aliphatic carbocycles. The van der Waals surface area contributed by atoms with E-state index >= 15 is 0 Å². The molecule has 2 rings (SSSR count). The van der Waals surface area contributed by atoms with E-state index in [1.54, 1.807) is 24.3 Å². The SMILES string of the molecule is CC(=O)c1ccc(OCC(=O)OCCOc2cccc(Br)c2)cc1. The van der Waals surface area contributed by atoms with Crippen LogP contribution in [0.4, 0.5) is 0 Å². The molecule has 0 saturated heterocycles. The van der Waals surface area contributed by atoms with Gasteiger partial charge < -0.3 is 14.2 Å². The maximum absolute atomic E-state index is 11.6. The highest BCUT2D eigenvalue weighted by atomic mass is 79.9. The normalized spacial score (nSPS) is 10.1. The number of ketones is 1. The van der Waals surface area contributed by atoms with Crippen LogP contribution in [-0.2, 0) is 9.53 Å². The molecule has 6 heteroatoms. The molecular weight excluding hydrogens is 376 g/mol. The molecule has 0 unspecified atom stereocenters. The average Bonchev–Trinajstić information content (AvgIpc) is 2.57. The zero-order valence-corrected chi connectivity index (χ0v) is 14.7. The number of hydrogen-bond acceptors (Lipinski definition) is 5. The Bertz CT molecular complexity index is 697. The van der Waals surface area contributed by atoms with Crippen LogP contribution in [0.5, 0.6) is 11.5 Å². The fraction of sp³-hybridized carbons (Fsp3) is 0.222. The second-order valence-corrected chi connectivity index (χ2v) is 5.81.